The predicted molar refractivity (Wildman–Crippen MR) is 83.2 cm³/mol. The number of hydrogen-bond donors (Lipinski definition) is 2. The zero-order valence-electron chi connectivity index (χ0n) is 10.5. The third-order valence-electron chi connectivity index (χ3n) is 2.72. The molecule has 0 fully saturated rings. The Morgan fingerprint density at radius 1 is 1.38 bits per heavy atom. The fourth-order valence-electron chi connectivity index (χ4n) is 1.72. The lowest BCUT2D eigenvalue weighted by atomic mass is 10.2. The fourth-order valence-corrected chi connectivity index (χ4v) is 2.82. The molecule has 3 rings (SSSR count). The minimum atomic E-state index is -0.571. The van der Waals surface area contributed by atoms with Crippen LogP contribution < -0.4 is 11.1 Å². The first-order valence-electron chi connectivity index (χ1n) is 5.87. The zero-order valence-corrected chi connectivity index (χ0v) is 12.8. The molecule has 0 aliphatic rings. The summed E-state index contributed by atoms with van der Waals surface area (Å²) in [4.78, 5) is 15.7. The lowest BCUT2D eigenvalue weighted by Crippen LogP contribution is -2.11. The monoisotopic (exact) mass is 341 g/mol. The molecule has 0 aliphatic carbocycles. The van der Waals surface area contributed by atoms with Crippen LogP contribution in [0.2, 0.25) is 10.0 Å². The highest BCUT2D eigenvalue weighted by Gasteiger charge is 2.11. The minimum Gasteiger partial charge on any atom is -0.364 e. The molecule has 0 saturated heterocycles. The summed E-state index contributed by atoms with van der Waals surface area (Å²) in [6.07, 6.45) is 1.50. The number of primary amides is 1. The van der Waals surface area contributed by atoms with E-state index in [-0.39, 0.29) is 5.69 Å². The number of hydrogen-bond acceptors (Lipinski definition) is 5. The largest absolute Gasteiger partial charge is 0.364 e. The van der Waals surface area contributed by atoms with Crippen molar-refractivity contribution < 1.29 is 4.79 Å². The molecular formula is C12H9Cl2N5OS. The van der Waals surface area contributed by atoms with Gasteiger partial charge in [-0.1, -0.05) is 40.6 Å². The number of amides is 1. The fraction of sp³-hybridized carbons (Fsp3) is 0.0833. The van der Waals surface area contributed by atoms with Crippen LogP contribution in [0.3, 0.4) is 0 Å². The van der Waals surface area contributed by atoms with Gasteiger partial charge in [-0.3, -0.25) is 4.79 Å². The molecule has 6 nitrogen and oxygen atoms in total. The van der Waals surface area contributed by atoms with Gasteiger partial charge in [-0.2, -0.15) is 0 Å². The first-order chi connectivity index (χ1) is 10.0. The molecule has 0 bridgehead atoms. The van der Waals surface area contributed by atoms with E-state index in [1.807, 2.05) is 6.07 Å². The maximum Gasteiger partial charge on any atom is 0.269 e. The van der Waals surface area contributed by atoms with Gasteiger partial charge >= 0.3 is 0 Å². The second-order valence-corrected chi connectivity index (χ2v) is 6.00. The number of rotatable bonds is 4. The molecule has 2 aromatic heterocycles. The van der Waals surface area contributed by atoms with E-state index in [2.05, 4.69) is 15.4 Å². The summed E-state index contributed by atoms with van der Waals surface area (Å²) in [5.41, 5.74) is 6.34. The zero-order chi connectivity index (χ0) is 15.0. The van der Waals surface area contributed by atoms with Crippen molar-refractivity contribution in [3.63, 3.8) is 0 Å². The second kappa shape index (κ2) is 5.51. The van der Waals surface area contributed by atoms with Crippen molar-refractivity contribution >= 4 is 50.5 Å². The van der Waals surface area contributed by atoms with E-state index < -0.39 is 5.91 Å². The molecule has 0 spiro atoms. The minimum absolute atomic E-state index is 0.199. The summed E-state index contributed by atoms with van der Waals surface area (Å²) < 4.78 is 1.52. The number of aromatic nitrogens is 3. The lowest BCUT2D eigenvalue weighted by molar-refractivity contribution is 0.0996. The van der Waals surface area contributed by atoms with Crippen molar-refractivity contribution in [2.45, 2.75) is 6.54 Å². The smallest absolute Gasteiger partial charge is 0.269 e. The van der Waals surface area contributed by atoms with Crippen molar-refractivity contribution in [2.75, 3.05) is 5.32 Å². The predicted octanol–water partition coefficient (Wildman–Crippen LogP) is 2.81. The summed E-state index contributed by atoms with van der Waals surface area (Å²) >= 11 is 13.1. The van der Waals surface area contributed by atoms with Crippen molar-refractivity contribution in [3.05, 3.63) is 45.7 Å². The van der Waals surface area contributed by atoms with E-state index >= 15 is 0 Å². The molecule has 1 aromatic carbocycles. The normalized spacial score (nSPS) is 11.0. The number of imidazole rings is 1. The first-order valence-corrected chi connectivity index (χ1v) is 7.44. The Balaban J connectivity index is 1.74. The molecule has 0 radical (unpaired) electrons. The van der Waals surface area contributed by atoms with E-state index in [1.54, 1.807) is 12.1 Å². The number of benzene rings is 1. The van der Waals surface area contributed by atoms with Crippen LogP contribution in [0, 0.1) is 0 Å². The molecule has 3 N–H and O–H groups in total. The Morgan fingerprint density at radius 3 is 2.86 bits per heavy atom. The van der Waals surface area contributed by atoms with Crippen LogP contribution >= 0.6 is 34.5 Å². The third-order valence-corrected chi connectivity index (χ3v) is 4.34. The van der Waals surface area contributed by atoms with Crippen LogP contribution in [0.5, 0.6) is 0 Å². The highest BCUT2D eigenvalue weighted by molar-refractivity contribution is 7.20. The molecule has 0 unspecified atom stereocenters. The van der Waals surface area contributed by atoms with Gasteiger partial charge in [-0.05, 0) is 17.7 Å². The van der Waals surface area contributed by atoms with Crippen LogP contribution in [0.1, 0.15) is 16.1 Å². The Morgan fingerprint density at radius 2 is 2.19 bits per heavy atom. The number of nitrogens with two attached hydrogens (primary N) is 1. The number of nitrogens with one attached hydrogen (secondary N) is 1. The number of anilines is 1. The molecule has 1 amide bonds. The molecular weight excluding hydrogens is 333 g/mol. The van der Waals surface area contributed by atoms with E-state index in [9.17, 15) is 4.79 Å². The second-order valence-electron chi connectivity index (χ2n) is 4.23. The van der Waals surface area contributed by atoms with Crippen molar-refractivity contribution in [2.24, 2.45) is 5.73 Å². The van der Waals surface area contributed by atoms with Gasteiger partial charge in [0.1, 0.15) is 5.69 Å². The van der Waals surface area contributed by atoms with Crippen molar-refractivity contribution in [1.29, 1.82) is 0 Å². The van der Waals surface area contributed by atoms with E-state index in [1.165, 1.54) is 22.0 Å². The number of fused-ring (bicyclic) bond motifs is 1. The molecule has 0 saturated carbocycles. The summed E-state index contributed by atoms with van der Waals surface area (Å²) in [6, 6.07) is 5.42. The molecule has 2 heterocycles. The Kier molecular flexibility index (Phi) is 3.71. The van der Waals surface area contributed by atoms with Crippen LogP contribution in [-0.4, -0.2) is 20.5 Å². The summed E-state index contributed by atoms with van der Waals surface area (Å²) in [7, 11) is 0. The van der Waals surface area contributed by atoms with E-state index in [0.717, 1.165) is 5.56 Å². The topological polar surface area (TPSA) is 85.3 Å². The van der Waals surface area contributed by atoms with Gasteiger partial charge in [0.05, 0.1) is 16.2 Å². The quantitative estimate of drug-likeness (QED) is 0.763. The van der Waals surface area contributed by atoms with Crippen LogP contribution in [0.25, 0.3) is 4.96 Å². The highest BCUT2D eigenvalue weighted by Crippen LogP contribution is 2.24. The Hall–Kier alpha value is -1.83. The molecule has 21 heavy (non-hydrogen) atoms. The molecule has 3 aromatic rings. The third kappa shape index (κ3) is 2.94. The number of halogens is 2. The molecule has 0 aliphatic heterocycles. The number of nitrogens with zero attached hydrogens (tertiary/aromatic N) is 3. The van der Waals surface area contributed by atoms with Crippen molar-refractivity contribution in [3.8, 4) is 0 Å². The Bertz CT molecular complexity index is 797. The van der Waals surface area contributed by atoms with Gasteiger partial charge in [-0.25, -0.2) is 9.50 Å². The number of carbonyl (C=O) groups is 1. The van der Waals surface area contributed by atoms with Crippen LogP contribution in [-0.2, 0) is 6.54 Å². The maximum atomic E-state index is 11.0. The van der Waals surface area contributed by atoms with Crippen LogP contribution in [0.4, 0.5) is 5.13 Å². The van der Waals surface area contributed by atoms with Gasteiger partial charge in [0.2, 0.25) is 10.1 Å². The van der Waals surface area contributed by atoms with Gasteiger partial charge in [0.25, 0.3) is 5.91 Å². The van der Waals surface area contributed by atoms with Gasteiger partial charge in [0.15, 0.2) is 0 Å². The average Bonchev–Trinajstić information content (AvgIpc) is 2.98. The summed E-state index contributed by atoms with van der Waals surface area (Å²) in [6.45, 7) is 0.552. The summed E-state index contributed by atoms with van der Waals surface area (Å²) in [5, 5.41) is 9.14. The average molecular weight is 342 g/mol. The van der Waals surface area contributed by atoms with Crippen LogP contribution in [0.15, 0.2) is 24.4 Å². The SMILES string of the molecule is NC(=O)c1cn2nc(NCc3ccc(Cl)c(Cl)c3)sc2n1. The highest BCUT2D eigenvalue weighted by atomic mass is 35.5. The van der Waals surface area contributed by atoms with Gasteiger partial charge < -0.3 is 11.1 Å². The van der Waals surface area contributed by atoms with E-state index in [0.29, 0.717) is 26.7 Å². The van der Waals surface area contributed by atoms with Gasteiger partial charge in [0, 0.05) is 6.54 Å². The number of carbonyl (C=O) groups excluding carboxylic acids is 1. The summed E-state index contributed by atoms with van der Waals surface area (Å²) in [5.74, 6) is -0.571. The van der Waals surface area contributed by atoms with Crippen molar-refractivity contribution in [1.82, 2.24) is 14.6 Å². The molecule has 108 valence electrons. The molecule has 9 heteroatoms. The lowest BCUT2D eigenvalue weighted by Gasteiger charge is -2.03. The first kappa shape index (κ1) is 14.1. The standard InChI is InChI=1S/C12H9Cl2N5OS/c13-7-2-1-6(3-8(7)14)4-16-11-18-19-5-9(10(15)20)17-12(19)21-11/h1-3,5H,4H2,(H2,15,20)(H,16,18). The maximum absolute atomic E-state index is 11.0. The Labute approximate surface area is 133 Å². The molecule has 0 atom stereocenters. The van der Waals surface area contributed by atoms with E-state index in [4.69, 9.17) is 28.9 Å². The van der Waals surface area contributed by atoms with Gasteiger partial charge in [-0.15, -0.1) is 5.10 Å².